The molecule has 0 spiro atoms. The van der Waals surface area contributed by atoms with E-state index in [-0.39, 0.29) is 0 Å². The third-order valence-electron chi connectivity index (χ3n) is 4.86. The summed E-state index contributed by atoms with van der Waals surface area (Å²) in [7, 11) is 2.22. The molecule has 0 amide bonds. The van der Waals surface area contributed by atoms with Crippen LogP contribution in [0.5, 0.6) is 0 Å². The Kier molecular flexibility index (Phi) is 6.04. The fourth-order valence-electron chi connectivity index (χ4n) is 3.17. The highest BCUT2D eigenvalue weighted by Crippen LogP contribution is 2.29. The molecule has 118 valence electrons. The first-order valence-corrected chi connectivity index (χ1v) is 8.54. The van der Waals surface area contributed by atoms with Crippen LogP contribution in [0.4, 0.5) is 5.69 Å². The maximum Gasteiger partial charge on any atom is 0.0572 e. The van der Waals surface area contributed by atoms with Crippen LogP contribution >= 0.6 is 0 Å². The molecule has 0 aromatic carbocycles. The highest BCUT2D eigenvalue weighted by molar-refractivity contribution is 5.45. The Morgan fingerprint density at radius 1 is 1.29 bits per heavy atom. The number of aromatic nitrogens is 1. The SMILES string of the molecule is CCCNC(C)c1ccc(N(C)C2CCC(C)CC2)cn1. The van der Waals surface area contributed by atoms with Crippen molar-refractivity contribution in [2.75, 3.05) is 18.5 Å². The Morgan fingerprint density at radius 2 is 2.00 bits per heavy atom. The second-order valence-electron chi connectivity index (χ2n) is 6.64. The van der Waals surface area contributed by atoms with Gasteiger partial charge in [0.05, 0.1) is 17.6 Å². The average molecular weight is 289 g/mol. The number of hydrogen-bond acceptors (Lipinski definition) is 3. The van der Waals surface area contributed by atoms with E-state index < -0.39 is 0 Å². The Morgan fingerprint density at radius 3 is 2.57 bits per heavy atom. The molecule has 1 aliphatic rings. The third kappa shape index (κ3) is 4.44. The molecule has 1 saturated carbocycles. The molecular weight excluding hydrogens is 258 g/mol. The van der Waals surface area contributed by atoms with Gasteiger partial charge in [0, 0.05) is 19.1 Å². The Balaban J connectivity index is 1.94. The van der Waals surface area contributed by atoms with Crippen molar-refractivity contribution in [3.05, 3.63) is 24.0 Å². The van der Waals surface area contributed by atoms with Gasteiger partial charge in [0.15, 0.2) is 0 Å². The molecule has 0 radical (unpaired) electrons. The highest BCUT2D eigenvalue weighted by atomic mass is 15.1. The number of nitrogens with one attached hydrogen (secondary N) is 1. The second-order valence-corrected chi connectivity index (χ2v) is 6.64. The van der Waals surface area contributed by atoms with Gasteiger partial charge in [0.25, 0.3) is 0 Å². The van der Waals surface area contributed by atoms with E-state index >= 15 is 0 Å². The summed E-state index contributed by atoms with van der Waals surface area (Å²) in [4.78, 5) is 7.08. The normalized spacial score (nSPS) is 23.8. The molecule has 0 aliphatic heterocycles. The van der Waals surface area contributed by atoms with Crippen molar-refractivity contribution >= 4 is 5.69 Å². The molecule has 3 heteroatoms. The maximum absolute atomic E-state index is 4.66. The van der Waals surface area contributed by atoms with Crippen LogP contribution in [-0.4, -0.2) is 24.6 Å². The fraction of sp³-hybridized carbons (Fsp3) is 0.722. The lowest BCUT2D eigenvalue weighted by Crippen LogP contribution is -2.34. The molecule has 1 fully saturated rings. The van der Waals surface area contributed by atoms with Crippen LogP contribution in [-0.2, 0) is 0 Å². The molecular formula is C18H31N3. The average Bonchev–Trinajstić information content (AvgIpc) is 2.53. The minimum Gasteiger partial charge on any atom is -0.370 e. The lowest BCUT2D eigenvalue weighted by atomic mass is 9.86. The molecule has 1 N–H and O–H groups in total. The van der Waals surface area contributed by atoms with Crippen LogP contribution in [0, 0.1) is 5.92 Å². The first kappa shape index (κ1) is 16.3. The van der Waals surface area contributed by atoms with Crippen molar-refractivity contribution in [3.8, 4) is 0 Å². The second kappa shape index (κ2) is 7.79. The van der Waals surface area contributed by atoms with Crippen molar-refractivity contribution in [3.63, 3.8) is 0 Å². The van der Waals surface area contributed by atoms with Gasteiger partial charge in [-0.3, -0.25) is 4.98 Å². The molecule has 1 unspecified atom stereocenters. The van der Waals surface area contributed by atoms with Crippen LogP contribution in [0.1, 0.15) is 64.6 Å². The zero-order chi connectivity index (χ0) is 15.2. The van der Waals surface area contributed by atoms with Gasteiger partial charge in [-0.2, -0.15) is 0 Å². The van der Waals surface area contributed by atoms with Crippen molar-refractivity contribution in [1.29, 1.82) is 0 Å². The zero-order valence-electron chi connectivity index (χ0n) is 14.1. The van der Waals surface area contributed by atoms with E-state index in [0.29, 0.717) is 12.1 Å². The predicted octanol–water partition coefficient (Wildman–Crippen LogP) is 4.16. The minimum atomic E-state index is 0.333. The summed E-state index contributed by atoms with van der Waals surface area (Å²) < 4.78 is 0. The summed E-state index contributed by atoms with van der Waals surface area (Å²) in [5, 5.41) is 3.49. The lowest BCUT2D eigenvalue weighted by molar-refractivity contribution is 0.340. The van der Waals surface area contributed by atoms with E-state index in [1.54, 1.807) is 0 Å². The molecule has 0 saturated heterocycles. The molecule has 0 bridgehead atoms. The summed E-state index contributed by atoms with van der Waals surface area (Å²) in [5.74, 6) is 0.903. The summed E-state index contributed by atoms with van der Waals surface area (Å²) in [6, 6.07) is 5.42. The van der Waals surface area contributed by atoms with Crippen LogP contribution in [0.25, 0.3) is 0 Å². The van der Waals surface area contributed by atoms with Gasteiger partial charge in [-0.25, -0.2) is 0 Å². The summed E-state index contributed by atoms with van der Waals surface area (Å²) >= 11 is 0. The number of anilines is 1. The van der Waals surface area contributed by atoms with Gasteiger partial charge < -0.3 is 10.2 Å². The quantitative estimate of drug-likeness (QED) is 0.852. The molecule has 1 aromatic rings. The van der Waals surface area contributed by atoms with Gasteiger partial charge in [-0.05, 0) is 63.6 Å². The van der Waals surface area contributed by atoms with Gasteiger partial charge in [-0.15, -0.1) is 0 Å². The van der Waals surface area contributed by atoms with Crippen LogP contribution in [0.2, 0.25) is 0 Å². The van der Waals surface area contributed by atoms with Crippen LogP contribution < -0.4 is 10.2 Å². The molecule has 21 heavy (non-hydrogen) atoms. The largest absolute Gasteiger partial charge is 0.370 e. The predicted molar refractivity (Wildman–Crippen MR) is 90.8 cm³/mol. The topological polar surface area (TPSA) is 28.2 Å². The van der Waals surface area contributed by atoms with E-state index in [1.807, 2.05) is 6.20 Å². The van der Waals surface area contributed by atoms with Crippen LogP contribution in [0.15, 0.2) is 18.3 Å². The molecule has 1 atom stereocenters. The smallest absolute Gasteiger partial charge is 0.0572 e. The van der Waals surface area contributed by atoms with E-state index in [0.717, 1.165) is 24.6 Å². The lowest BCUT2D eigenvalue weighted by Gasteiger charge is -2.35. The molecule has 1 heterocycles. The summed E-state index contributed by atoms with van der Waals surface area (Å²) in [6.45, 7) is 7.79. The van der Waals surface area contributed by atoms with Gasteiger partial charge >= 0.3 is 0 Å². The molecule has 2 rings (SSSR count). The number of nitrogens with zero attached hydrogens (tertiary/aromatic N) is 2. The van der Waals surface area contributed by atoms with E-state index in [1.165, 1.54) is 31.4 Å². The van der Waals surface area contributed by atoms with Crippen molar-refractivity contribution in [2.45, 2.75) is 65.0 Å². The fourth-order valence-corrected chi connectivity index (χ4v) is 3.17. The number of pyridine rings is 1. The molecule has 1 aromatic heterocycles. The maximum atomic E-state index is 4.66. The van der Waals surface area contributed by atoms with Gasteiger partial charge in [0.1, 0.15) is 0 Å². The zero-order valence-corrected chi connectivity index (χ0v) is 14.1. The summed E-state index contributed by atoms with van der Waals surface area (Å²) in [5.41, 5.74) is 2.39. The number of rotatable bonds is 6. The van der Waals surface area contributed by atoms with Gasteiger partial charge in [-0.1, -0.05) is 13.8 Å². The van der Waals surface area contributed by atoms with E-state index in [2.05, 4.69) is 55.2 Å². The standard InChI is InChI=1S/C18H31N3/c1-5-12-19-15(3)18-11-10-17(13-20-18)21(4)16-8-6-14(2)7-9-16/h10-11,13-16,19H,5-9,12H2,1-4H3. The van der Waals surface area contributed by atoms with Crippen LogP contribution in [0.3, 0.4) is 0 Å². The van der Waals surface area contributed by atoms with Crippen molar-refractivity contribution in [1.82, 2.24) is 10.3 Å². The Hall–Kier alpha value is -1.09. The first-order chi connectivity index (χ1) is 10.1. The van der Waals surface area contributed by atoms with Crippen molar-refractivity contribution < 1.29 is 0 Å². The highest BCUT2D eigenvalue weighted by Gasteiger charge is 2.22. The number of hydrogen-bond donors (Lipinski definition) is 1. The Bertz CT molecular complexity index is 407. The summed E-state index contributed by atoms with van der Waals surface area (Å²) in [6.07, 6.45) is 8.54. The Labute approximate surface area is 130 Å². The van der Waals surface area contributed by atoms with E-state index in [9.17, 15) is 0 Å². The third-order valence-corrected chi connectivity index (χ3v) is 4.86. The molecule has 3 nitrogen and oxygen atoms in total. The van der Waals surface area contributed by atoms with Crippen molar-refractivity contribution in [2.24, 2.45) is 5.92 Å². The first-order valence-electron chi connectivity index (χ1n) is 8.54. The van der Waals surface area contributed by atoms with Gasteiger partial charge in [0.2, 0.25) is 0 Å². The minimum absolute atomic E-state index is 0.333. The van der Waals surface area contributed by atoms with E-state index in [4.69, 9.17) is 0 Å². The molecule has 1 aliphatic carbocycles. The monoisotopic (exact) mass is 289 g/mol.